The molecule has 0 saturated heterocycles. The molecule has 0 bridgehead atoms. The van der Waals surface area contributed by atoms with E-state index in [2.05, 4.69) is 9.98 Å². The van der Waals surface area contributed by atoms with Crippen LogP contribution in [0.5, 0.6) is 0 Å². The van der Waals surface area contributed by atoms with Crippen LogP contribution in [0.25, 0.3) is 11.3 Å². The number of aliphatic imine (C=N–C) groups is 1. The first kappa shape index (κ1) is 11.9. The number of ether oxygens (including phenoxy) is 1. The van der Waals surface area contributed by atoms with Gasteiger partial charge in [-0.05, 0) is 19.1 Å². The van der Waals surface area contributed by atoms with Gasteiger partial charge in [0.1, 0.15) is 11.5 Å². The molecule has 0 unspecified atom stereocenters. The van der Waals surface area contributed by atoms with Crippen molar-refractivity contribution < 1.29 is 14.6 Å². The lowest BCUT2D eigenvalue weighted by Crippen LogP contribution is -2.07. The van der Waals surface area contributed by atoms with E-state index in [1.165, 1.54) is 0 Å². The molecule has 6 nitrogen and oxygen atoms in total. The minimum absolute atomic E-state index is 0.0674. The molecule has 1 N–H and O–H groups in total. The van der Waals surface area contributed by atoms with Crippen molar-refractivity contribution >= 4 is 17.5 Å². The van der Waals surface area contributed by atoms with Crippen molar-refractivity contribution in [2.75, 3.05) is 13.2 Å². The van der Waals surface area contributed by atoms with Crippen LogP contribution in [-0.4, -0.2) is 39.6 Å². The van der Waals surface area contributed by atoms with E-state index >= 15 is 0 Å². The predicted molar refractivity (Wildman–Crippen MR) is 69.0 cm³/mol. The number of esters is 1. The number of hydrogen-bond donors (Lipinski definition) is 1. The maximum atomic E-state index is 11.7. The Hall–Kier alpha value is -2.21. The molecule has 3 rings (SSSR count). The van der Waals surface area contributed by atoms with Crippen LogP contribution in [-0.2, 0) is 11.3 Å². The average molecular weight is 259 g/mol. The van der Waals surface area contributed by atoms with Crippen molar-refractivity contribution in [3.8, 4) is 11.3 Å². The SMILES string of the molecule is CCOC(=O)c1cc2c3n(ccc-2n1)CC(CO)=N3. The highest BCUT2D eigenvalue weighted by molar-refractivity contribution is 5.96. The third-order valence-corrected chi connectivity index (χ3v) is 3.01. The van der Waals surface area contributed by atoms with Crippen LogP contribution in [0.2, 0.25) is 0 Å². The summed E-state index contributed by atoms with van der Waals surface area (Å²) in [6, 6.07) is 3.51. The van der Waals surface area contributed by atoms with Crippen LogP contribution < -0.4 is 0 Å². The number of aliphatic hydroxyl groups excluding tert-OH is 1. The van der Waals surface area contributed by atoms with Gasteiger partial charge in [0.05, 0.1) is 31.2 Å². The Balaban J connectivity index is 2.07. The van der Waals surface area contributed by atoms with E-state index in [4.69, 9.17) is 9.84 Å². The summed E-state index contributed by atoms with van der Waals surface area (Å²) in [6.45, 7) is 2.58. The summed E-state index contributed by atoms with van der Waals surface area (Å²) in [5.41, 5.74) is 2.50. The van der Waals surface area contributed by atoms with E-state index in [0.29, 0.717) is 30.3 Å². The molecule has 0 aliphatic carbocycles. The second kappa shape index (κ2) is 4.47. The van der Waals surface area contributed by atoms with Crippen molar-refractivity contribution in [3.05, 3.63) is 24.0 Å². The molecule has 0 fully saturated rings. The summed E-state index contributed by atoms with van der Waals surface area (Å²) in [7, 11) is 0. The summed E-state index contributed by atoms with van der Waals surface area (Å²) in [5.74, 6) is 0.298. The molecule has 3 aliphatic rings. The fourth-order valence-electron chi connectivity index (χ4n) is 2.15. The first-order chi connectivity index (χ1) is 9.22. The third kappa shape index (κ3) is 1.90. The van der Waals surface area contributed by atoms with Gasteiger partial charge in [0, 0.05) is 11.8 Å². The van der Waals surface area contributed by atoms with Gasteiger partial charge in [-0.2, -0.15) is 0 Å². The van der Waals surface area contributed by atoms with E-state index in [-0.39, 0.29) is 6.61 Å². The Morgan fingerprint density at radius 3 is 3.16 bits per heavy atom. The quantitative estimate of drug-likeness (QED) is 0.841. The van der Waals surface area contributed by atoms with E-state index in [0.717, 1.165) is 11.4 Å². The molecule has 0 atom stereocenters. The van der Waals surface area contributed by atoms with Crippen LogP contribution in [0.3, 0.4) is 0 Å². The van der Waals surface area contributed by atoms with Gasteiger partial charge >= 0.3 is 5.97 Å². The Labute approximate surface area is 109 Å². The number of pyridine rings is 1. The second-order valence-corrected chi connectivity index (χ2v) is 4.26. The average Bonchev–Trinajstić information content (AvgIpc) is 3.01. The van der Waals surface area contributed by atoms with Crippen LogP contribution in [0.15, 0.2) is 23.3 Å². The molecule has 6 heteroatoms. The molecule has 0 aromatic heterocycles. The van der Waals surface area contributed by atoms with E-state index in [1.54, 1.807) is 13.0 Å². The molecule has 0 radical (unpaired) electrons. The van der Waals surface area contributed by atoms with Crippen molar-refractivity contribution in [3.63, 3.8) is 0 Å². The standard InChI is InChI=1S/C13H13N3O3/c1-2-19-13(18)11-5-9-10(15-11)3-4-16-6-8(7-17)14-12(9)16/h3-5,17H,2,6-7H2,1H3. The number of nitrogens with zero attached hydrogens (tertiary/aromatic N) is 3. The highest BCUT2D eigenvalue weighted by Crippen LogP contribution is 2.35. The lowest BCUT2D eigenvalue weighted by atomic mass is 10.2. The Morgan fingerprint density at radius 2 is 2.42 bits per heavy atom. The lowest BCUT2D eigenvalue weighted by molar-refractivity contribution is 0.0520. The van der Waals surface area contributed by atoms with Crippen molar-refractivity contribution in [2.45, 2.75) is 13.5 Å². The number of aromatic nitrogens is 2. The topological polar surface area (TPSA) is 76.7 Å². The van der Waals surface area contributed by atoms with Crippen LogP contribution in [0.4, 0.5) is 5.82 Å². The summed E-state index contributed by atoms with van der Waals surface area (Å²) >= 11 is 0. The van der Waals surface area contributed by atoms with Crippen molar-refractivity contribution in [1.82, 2.24) is 9.55 Å². The number of carbonyl (C=O) groups is 1. The second-order valence-electron chi connectivity index (χ2n) is 4.26. The lowest BCUT2D eigenvalue weighted by Gasteiger charge is -2.05. The van der Waals surface area contributed by atoms with Gasteiger partial charge in [-0.1, -0.05) is 0 Å². The molecule has 0 saturated carbocycles. The van der Waals surface area contributed by atoms with Gasteiger partial charge in [-0.3, -0.25) is 0 Å². The van der Waals surface area contributed by atoms with Gasteiger partial charge in [0.15, 0.2) is 0 Å². The van der Waals surface area contributed by atoms with Gasteiger partial charge in [-0.15, -0.1) is 0 Å². The number of aliphatic hydroxyl groups is 1. The Bertz CT molecular complexity index is 645. The molecule has 3 aliphatic heterocycles. The summed E-state index contributed by atoms with van der Waals surface area (Å²) in [6.07, 6.45) is 1.85. The first-order valence-corrected chi connectivity index (χ1v) is 6.07. The van der Waals surface area contributed by atoms with Crippen LogP contribution in [0, 0.1) is 0 Å². The molecule has 19 heavy (non-hydrogen) atoms. The molecule has 0 aromatic carbocycles. The smallest absolute Gasteiger partial charge is 0.356 e. The third-order valence-electron chi connectivity index (χ3n) is 3.01. The summed E-state index contributed by atoms with van der Waals surface area (Å²) in [5, 5.41) is 9.14. The predicted octanol–water partition coefficient (Wildman–Crippen LogP) is 1.24. The molecule has 0 amide bonds. The zero-order chi connectivity index (χ0) is 13.4. The minimum Gasteiger partial charge on any atom is -0.461 e. The Kier molecular flexibility index (Phi) is 2.79. The van der Waals surface area contributed by atoms with Crippen molar-refractivity contribution in [2.24, 2.45) is 4.99 Å². The van der Waals surface area contributed by atoms with Gasteiger partial charge in [-0.25, -0.2) is 14.8 Å². The maximum absolute atomic E-state index is 11.7. The largest absolute Gasteiger partial charge is 0.461 e. The van der Waals surface area contributed by atoms with Crippen molar-refractivity contribution in [1.29, 1.82) is 0 Å². The number of fused-ring (bicyclic) bond motifs is 3. The van der Waals surface area contributed by atoms with Gasteiger partial charge in [0.2, 0.25) is 0 Å². The normalized spacial score (nSPS) is 13.5. The molecule has 3 heterocycles. The monoisotopic (exact) mass is 259 g/mol. The van der Waals surface area contributed by atoms with Gasteiger partial charge in [0.25, 0.3) is 0 Å². The van der Waals surface area contributed by atoms with E-state index < -0.39 is 5.97 Å². The molecule has 0 spiro atoms. The molecule has 0 aromatic rings. The van der Waals surface area contributed by atoms with Gasteiger partial charge < -0.3 is 14.4 Å². The number of carbonyl (C=O) groups excluding carboxylic acids is 1. The number of hydrogen-bond acceptors (Lipinski definition) is 5. The highest BCUT2D eigenvalue weighted by atomic mass is 16.5. The Morgan fingerprint density at radius 1 is 1.58 bits per heavy atom. The number of rotatable bonds is 3. The zero-order valence-corrected chi connectivity index (χ0v) is 10.5. The van der Waals surface area contributed by atoms with Crippen LogP contribution >= 0.6 is 0 Å². The minimum atomic E-state index is -0.429. The zero-order valence-electron chi connectivity index (χ0n) is 10.5. The van der Waals surface area contributed by atoms with Crippen LogP contribution in [0.1, 0.15) is 17.4 Å². The fourth-order valence-corrected chi connectivity index (χ4v) is 2.15. The highest BCUT2D eigenvalue weighted by Gasteiger charge is 2.23. The molecule has 98 valence electrons. The fraction of sp³-hybridized carbons (Fsp3) is 0.308. The van der Waals surface area contributed by atoms with E-state index in [9.17, 15) is 4.79 Å². The summed E-state index contributed by atoms with van der Waals surface area (Å²) in [4.78, 5) is 20.3. The molecular formula is C13H13N3O3. The summed E-state index contributed by atoms with van der Waals surface area (Å²) < 4.78 is 6.86. The molecular weight excluding hydrogens is 246 g/mol. The van der Waals surface area contributed by atoms with E-state index in [1.807, 2.05) is 16.8 Å². The first-order valence-electron chi connectivity index (χ1n) is 6.07. The maximum Gasteiger partial charge on any atom is 0.356 e.